The minimum atomic E-state index is -4.56. The number of halogens is 3. The van der Waals surface area contributed by atoms with Gasteiger partial charge in [-0.1, -0.05) is 12.1 Å². The normalized spacial score (nSPS) is 24.7. The Morgan fingerprint density at radius 2 is 1.85 bits per heavy atom. The molecule has 2 aromatic heterocycles. The van der Waals surface area contributed by atoms with Gasteiger partial charge in [-0.2, -0.15) is 13.2 Å². The molecule has 11 heteroatoms. The van der Waals surface area contributed by atoms with Crippen molar-refractivity contribution < 1.29 is 23.4 Å². The van der Waals surface area contributed by atoms with Crippen molar-refractivity contribution in [2.75, 3.05) is 22.9 Å². The average Bonchev–Trinajstić information content (AvgIpc) is 3.33. The molecular formula is C23H25F3N6O2. The van der Waals surface area contributed by atoms with Crippen molar-refractivity contribution >= 4 is 28.4 Å². The highest BCUT2D eigenvalue weighted by molar-refractivity contribution is 5.82. The first-order valence-electron chi connectivity index (χ1n) is 11.1. The zero-order chi connectivity index (χ0) is 24.2. The van der Waals surface area contributed by atoms with E-state index in [1.54, 1.807) is 18.2 Å². The van der Waals surface area contributed by atoms with E-state index in [0.29, 0.717) is 54.8 Å². The number of nitrogen functional groups attached to an aromatic ring is 2. The third kappa shape index (κ3) is 3.88. The molecule has 2 aliphatic rings. The molecule has 0 saturated heterocycles. The lowest BCUT2D eigenvalue weighted by Gasteiger charge is -2.28. The molecule has 6 N–H and O–H groups in total. The zero-order valence-corrected chi connectivity index (χ0v) is 18.2. The number of hydrogen-bond acceptors (Lipinski definition) is 8. The minimum absolute atomic E-state index is 0.149. The number of anilines is 3. The van der Waals surface area contributed by atoms with E-state index in [4.69, 9.17) is 11.5 Å². The van der Waals surface area contributed by atoms with Crippen molar-refractivity contribution in [3.8, 4) is 0 Å². The van der Waals surface area contributed by atoms with E-state index in [2.05, 4.69) is 15.0 Å². The van der Waals surface area contributed by atoms with Crippen molar-refractivity contribution in [3.05, 3.63) is 47.3 Å². The lowest BCUT2D eigenvalue weighted by atomic mass is 9.95. The molecule has 180 valence electrons. The Hall–Kier alpha value is -3.18. The first-order chi connectivity index (χ1) is 16.1. The minimum Gasteiger partial charge on any atom is -0.390 e. The summed E-state index contributed by atoms with van der Waals surface area (Å²) in [6.07, 6.45) is -2.53. The Morgan fingerprint density at radius 3 is 2.62 bits per heavy atom. The highest BCUT2D eigenvalue weighted by Gasteiger charge is 2.45. The first-order valence-corrected chi connectivity index (χ1v) is 11.1. The van der Waals surface area contributed by atoms with Crippen molar-refractivity contribution in [2.45, 2.75) is 50.1 Å². The fourth-order valence-electron chi connectivity index (χ4n) is 5.22. The number of nitrogens with zero attached hydrogens (tertiary/aromatic N) is 4. The number of fused-ring (bicyclic) bond motifs is 2. The molecule has 0 spiro atoms. The Kier molecular flexibility index (Phi) is 5.48. The number of aryl methyl sites for hydroxylation is 1. The molecule has 0 unspecified atom stereocenters. The monoisotopic (exact) mass is 474 g/mol. The third-order valence-corrected chi connectivity index (χ3v) is 7.02. The van der Waals surface area contributed by atoms with Crippen LogP contribution in [0, 0.1) is 5.92 Å². The SMILES string of the molecule is Nc1nc2cc(CC[C@H]3C[C@@H](N4CCc5c(N)ncnc54)[C@H](O)[C@@H]3O)ccc2cc1C(F)(F)F. The molecule has 1 aromatic carbocycles. The van der Waals surface area contributed by atoms with Crippen molar-refractivity contribution in [3.63, 3.8) is 0 Å². The van der Waals surface area contributed by atoms with E-state index in [1.165, 1.54) is 6.33 Å². The van der Waals surface area contributed by atoms with Gasteiger partial charge in [-0.15, -0.1) is 0 Å². The predicted octanol–water partition coefficient (Wildman–Crippen LogP) is 2.31. The summed E-state index contributed by atoms with van der Waals surface area (Å²) in [6.45, 7) is 0.650. The van der Waals surface area contributed by atoms with Crippen LogP contribution in [0.2, 0.25) is 0 Å². The van der Waals surface area contributed by atoms with Gasteiger partial charge in [0.15, 0.2) is 0 Å². The van der Waals surface area contributed by atoms with E-state index in [1.807, 2.05) is 4.90 Å². The summed E-state index contributed by atoms with van der Waals surface area (Å²) < 4.78 is 39.2. The largest absolute Gasteiger partial charge is 0.419 e. The van der Waals surface area contributed by atoms with Crippen LogP contribution in [0.15, 0.2) is 30.6 Å². The smallest absolute Gasteiger partial charge is 0.390 e. The Bertz CT molecular complexity index is 1240. The number of aliphatic hydroxyl groups is 2. The number of benzene rings is 1. The maximum atomic E-state index is 13.1. The van der Waals surface area contributed by atoms with E-state index in [0.717, 1.165) is 17.2 Å². The van der Waals surface area contributed by atoms with Gasteiger partial charge < -0.3 is 26.6 Å². The summed E-state index contributed by atoms with van der Waals surface area (Å²) in [6, 6.07) is 5.80. The number of hydrogen-bond donors (Lipinski definition) is 4. The van der Waals surface area contributed by atoms with Gasteiger partial charge in [0.1, 0.15) is 29.9 Å². The van der Waals surface area contributed by atoms with Crippen LogP contribution in [0.5, 0.6) is 0 Å². The molecule has 1 aliphatic heterocycles. The molecule has 5 rings (SSSR count). The van der Waals surface area contributed by atoms with Gasteiger partial charge in [0.25, 0.3) is 0 Å². The standard InChI is InChI=1S/C23H25F3N6O2/c24-23(25,26)15-8-12-3-1-11(7-16(12)31-21(15)28)2-4-13-9-17(19(34)18(13)33)32-6-5-14-20(27)29-10-30-22(14)32/h1,3,7-8,10,13,17-19,33-34H,2,4-6,9H2,(H2,28,31)(H2,27,29,30)/t13-,17+,18+,19-/m0/s1. The second-order valence-corrected chi connectivity index (χ2v) is 9.03. The average molecular weight is 474 g/mol. The van der Waals surface area contributed by atoms with Gasteiger partial charge in [-0.25, -0.2) is 15.0 Å². The quantitative estimate of drug-likeness (QED) is 0.453. The van der Waals surface area contributed by atoms with Gasteiger partial charge in [0.05, 0.1) is 23.2 Å². The second kappa shape index (κ2) is 8.24. The van der Waals surface area contributed by atoms with Crippen molar-refractivity contribution in [2.24, 2.45) is 5.92 Å². The number of nitrogens with two attached hydrogens (primary N) is 2. The fourth-order valence-corrected chi connectivity index (χ4v) is 5.22. The third-order valence-electron chi connectivity index (χ3n) is 7.02. The topological polar surface area (TPSA) is 134 Å². The molecule has 3 aromatic rings. The van der Waals surface area contributed by atoms with E-state index in [9.17, 15) is 23.4 Å². The molecule has 4 atom stereocenters. The molecule has 3 heterocycles. The summed E-state index contributed by atoms with van der Waals surface area (Å²) >= 11 is 0. The summed E-state index contributed by atoms with van der Waals surface area (Å²) in [7, 11) is 0. The predicted molar refractivity (Wildman–Crippen MR) is 121 cm³/mol. The molecule has 0 radical (unpaired) electrons. The number of alkyl halides is 3. The molecule has 34 heavy (non-hydrogen) atoms. The van der Waals surface area contributed by atoms with Crippen LogP contribution < -0.4 is 16.4 Å². The molecule has 1 aliphatic carbocycles. The van der Waals surface area contributed by atoms with Crippen LogP contribution in [0.1, 0.15) is 29.5 Å². The van der Waals surface area contributed by atoms with Crippen LogP contribution in [0.3, 0.4) is 0 Å². The summed E-state index contributed by atoms with van der Waals surface area (Å²) in [4.78, 5) is 14.3. The maximum Gasteiger partial charge on any atom is 0.419 e. The first kappa shape index (κ1) is 22.6. The van der Waals surface area contributed by atoms with Crippen molar-refractivity contribution in [1.29, 1.82) is 0 Å². The number of rotatable bonds is 4. The van der Waals surface area contributed by atoms with E-state index >= 15 is 0 Å². The molecule has 1 saturated carbocycles. The molecular weight excluding hydrogens is 449 g/mol. The van der Waals surface area contributed by atoms with Crippen LogP contribution in [-0.2, 0) is 19.0 Å². The molecule has 0 bridgehead atoms. The highest BCUT2D eigenvalue weighted by Crippen LogP contribution is 2.39. The zero-order valence-electron chi connectivity index (χ0n) is 18.2. The van der Waals surface area contributed by atoms with Crippen LogP contribution in [-0.4, -0.2) is 50.0 Å². The van der Waals surface area contributed by atoms with Gasteiger partial charge >= 0.3 is 6.18 Å². The lowest BCUT2D eigenvalue weighted by molar-refractivity contribution is -0.137. The van der Waals surface area contributed by atoms with Crippen LogP contribution >= 0.6 is 0 Å². The van der Waals surface area contributed by atoms with Gasteiger partial charge in [0.2, 0.25) is 0 Å². The number of aromatic nitrogens is 3. The maximum absolute atomic E-state index is 13.1. The summed E-state index contributed by atoms with van der Waals surface area (Å²) in [5.41, 5.74) is 12.7. The molecule has 1 fully saturated rings. The van der Waals surface area contributed by atoms with Gasteiger partial charge in [-0.3, -0.25) is 0 Å². The van der Waals surface area contributed by atoms with E-state index in [-0.39, 0.29) is 12.0 Å². The molecule has 8 nitrogen and oxygen atoms in total. The van der Waals surface area contributed by atoms with Gasteiger partial charge in [-0.05, 0) is 49.3 Å². The van der Waals surface area contributed by atoms with Crippen LogP contribution in [0.25, 0.3) is 10.9 Å². The summed E-state index contributed by atoms with van der Waals surface area (Å²) in [5, 5.41) is 21.8. The van der Waals surface area contributed by atoms with Crippen LogP contribution in [0.4, 0.5) is 30.6 Å². The fraction of sp³-hybridized carbons (Fsp3) is 0.435. The lowest BCUT2D eigenvalue weighted by Crippen LogP contribution is -2.43. The summed E-state index contributed by atoms with van der Waals surface area (Å²) in [5.74, 6) is 0.444. The Morgan fingerprint density at radius 1 is 1.06 bits per heavy atom. The Labute approximate surface area is 193 Å². The number of aliphatic hydroxyl groups excluding tert-OH is 2. The highest BCUT2D eigenvalue weighted by atomic mass is 19.4. The number of pyridine rings is 1. The Balaban J connectivity index is 1.30. The van der Waals surface area contributed by atoms with Crippen molar-refractivity contribution in [1.82, 2.24) is 15.0 Å². The second-order valence-electron chi connectivity index (χ2n) is 9.03. The molecule has 0 amide bonds. The van der Waals surface area contributed by atoms with E-state index < -0.39 is 29.8 Å². The van der Waals surface area contributed by atoms with Gasteiger partial charge in [0, 0.05) is 17.5 Å².